The molecule has 0 saturated heterocycles. The lowest BCUT2D eigenvalue weighted by molar-refractivity contribution is 0.318. The Labute approximate surface area is 68.4 Å². The number of nitrogens with two attached hydrogens (primary N) is 1. The van der Waals surface area contributed by atoms with Gasteiger partial charge in [0.25, 0.3) is 0 Å². The SMILES string of the molecule is N/C(=N\O)c1cc[nH]c(=S)c1. The van der Waals surface area contributed by atoms with E-state index >= 15 is 0 Å². The average Bonchev–Trinajstić information content (AvgIpc) is 2.03. The second kappa shape index (κ2) is 3.16. The fourth-order valence-corrected chi connectivity index (χ4v) is 0.857. The van der Waals surface area contributed by atoms with Crippen molar-refractivity contribution in [1.82, 2.24) is 4.98 Å². The maximum absolute atomic E-state index is 8.30. The third-order valence-corrected chi connectivity index (χ3v) is 1.41. The van der Waals surface area contributed by atoms with Crippen molar-refractivity contribution < 1.29 is 5.21 Å². The second-order valence-electron chi connectivity index (χ2n) is 1.93. The van der Waals surface area contributed by atoms with E-state index < -0.39 is 0 Å². The average molecular weight is 169 g/mol. The molecule has 0 atom stereocenters. The highest BCUT2D eigenvalue weighted by atomic mass is 32.1. The number of H-pyrrole nitrogens is 1. The third kappa shape index (κ3) is 1.78. The predicted octanol–water partition coefficient (Wildman–Crippen LogP) is 0.839. The highest BCUT2D eigenvalue weighted by Gasteiger charge is 1.95. The van der Waals surface area contributed by atoms with Crippen molar-refractivity contribution in [3.8, 4) is 0 Å². The molecule has 4 nitrogen and oxygen atoms in total. The molecular formula is C6H7N3OS. The van der Waals surface area contributed by atoms with Gasteiger partial charge in [-0.2, -0.15) is 0 Å². The molecule has 0 aliphatic carbocycles. The van der Waals surface area contributed by atoms with Crippen LogP contribution in [0, 0.1) is 4.64 Å². The van der Waals surface area contributed by atoms with Gasteiger partial charge in [-0.05, 0) is 12.1 Å². The van der Waals surface area contributed by atoms with E-state index in [1.54, 1.807) is 18.3 Å². The highest BCUT2D eigenvalue weighted by Crippen LogP contribution is 1.96. The quantitative estimate of drug-likeness (QED) is 0.192. The number of nitrogens with zero attached hydrogens (tertiary/aromatic N) is 1. The minimum absolute atomic E-state index is 0.0603. The van der Waals surface area contributed by atoms with Gasteiger partial charge in [0.15, 0.2) is 5.84 Å². The van der Waals surface area contributed by atoms with Gasteiger partial charge in [0.1, 0.15) is 4.64 Å². The zero-order chi connectivity index (χ0) is 8.27. The molecule has 0 fully saturated rings. The smallest absolute Gasteiger partial charge is 0.170 e. The van der Waals surface area contributed by atoms with Crippen LogP contribution in [0.25, 0.3) is 0 Å². The molecule has 58 valence electrons. The van der Waals surface area contributed by atoms with Crippen LogP contribution < -0.4 is 5.73 Å². The van der Waals surface area contributed by atoms with Gasteiger partial charge in [0.05, 0.1) is 0 Å². The lowest BCUT2D eigenvalue weighted by Gasteiger charge is -1.95. The van der Waals surface area contributed by atoms with Crippen LogP contribution in [0.5, 0.6) is 0 Å². The zero-order valence-corrected chi connectivity index (χ0v) is 6.43. The van der Waals surface area contributed by atoms with Crippen LogP contribution in [0.4, 0.5) is 0 Å². The van der Waals surface area contributed by atoms with Crippen molar-refractivity contribution in [3.05, 3.63) is 28.5 Å². The first-order valence-electron chi connectivity index (χ1n) is 2.90. The van der Waals surface area contributed by atoms with Crippen LogP contribution >= 0.6 is 12.2 Å². The number of aromatic amines is 1. The molecule has 0 aliphatic rings. The fraction of sp³-hybridized carbons (Fsp3) is 0. The Kier molecular flexibility index (Phi) is 2.22. The van der Waals surface area contributed by atoms with E-state index in [1.165, 1.54) is 0 Å². The monoisotopic (exact) mass is 169 g/mol. The van der Waals surface area contributed by atoms with Crippen molar-refractivity contribution >= 4 is 18.1 Å². The van der Waals surface area contributed by atoms with Crippen molar-refractivity contribution in [2.45, 2.75) is 0 Å². The zero-order valence-electron chi connectivity index (χ0n) is 5.61. The molecule has 0 unspecified atom stereocenters. The first kappa shape index (κ1) is 7.74. The summed E-state index contributed by atoms with van der Waals surface area (Å²) in [5.41, 5.74) is 5.91. The molecular weight excluding hydrogens is 162 g/mol. The molecule has 4 N–H and O–H groups in total. The predicted molar refractivity (Wildman–Crippen MR) is 44.1 cm³/mol. The summed E-state index contributed by atoms with van der Waals surface area (Å²) < 4.78 is 0.550. The molecule has 0 amide bonds. The molecule has 0 bridgehead atoms. The molecule has 0 aliphatic heterocycles. The Bertz CT molecular complexity index is 331. The van der Waals surface area contributed by atoms with E-state index in [0.29, 0.717) is 10.2 Å². The van der Waals surface area contributed by atoms with Crippen molar-refractivity contribution in [2.75, 3.05) is 0 Å². The van der Waals surface area contributed by atoms with Crippen LogP contribution in [0.3, 0.4) is 0 Å². The largest absolute Gasteiger partial charge is 0.409 e. The first-order chi connectivity index (χ1) is 5.24. The maximum atomic E-state index is 8.30. The van der Waals surface area contributed by atoms with Crippen molar-refractivity contribution in [3.63, 3.8) is 0 Å². The van der Waals surface area contributed by atoms with Crippen molar-refractivity contribution in [1.29, 1.82) is 0 Å². The lowest BCUT2D eigenvalue weighted by atomic mass is 10.2. The summed E-state index contributed by atoms with van der Waals surface area (Å²) in [6, 6.07) is 3.29. The summed E-state index contributed by atoms with van der Waals surface area (Å²) in [5, 5.41) is 11.1. The van der Waals surface area contributed by atoms with E-state index in [4.69, 9.17) is 23.2 Å². The van der Waals surface area contributed by atoms with Gasteiger partial charge >= 0.3 is 0 Å². The van der Waals surface area contributed by atoms with Crippen LogP contribution in [-0.4, -0.2) is 16.0 Å². The number of hydrogen-bond donors (Lipinski definition) is 3. The summed E-state index contributed by atoms with van der Waals surface area (Å²) in [7, 11) is 0. The van der Waals surface area contributed by atoms with Crippen molar-refractivity contribution in [2.24, 2.45) is 10.9 Å². The fourth-order valence-electron chi connectivity index (χ4n) is 0.662. The Morgan fingerprint density at radius 1 is 1.73 bits per heavy atom. The molecule has 5 heteroatoms. The second-order valence-corrected chi connectivity index (χ2v) is 2.37. The van der Waals surface area contributed by atoms with Gasteiger partial charge in [-0.3, -0.25) is 0 Å². The minimum atomic E-state index is 0.0603. The Morgan fingerprint density at radius 3 is 3.00 bits per heavy atom. The number of amidine groups is 1. The Balaban J connectivity index is 3.16. The number of nitrogens with one attached hydrogen (secondary N) is 1. The topological polar surface area (TPSA) is 74.4 Å². The molecule has 1 aromatic rings. The van der Waals surface area contributed by atoms with E-state index in [0.717, 1.165) is 0 Å². The Morgan fingerprint density at radius 2 is 2.45 bits per heavy atom. The number of hydrogen-bond acceptors (Lipinski definition) is 3. The normalized spacial score (nSPS) is 11.5. The molecule has 0 spiro atoms. The van der Waals surface area contributed by atoms with Gasteiger partial charge in [-0.15, -0.1) is 0 Å². The number of rotatable bonds is 1. The van der Waals surface area contributed by atoms with Gasteiger partial charge in [-0.1, -0.05) is 17.4 Å². The molecule has 0 aromatic carbocycles. The molecule has 11 heavy (non-hydrogen) atoms. The van der Waals surface area contributed by atoms with Gasteiger partial charge in [0, 0.05) is 11.8 Å². The lowest BCUT2D eigenvalue weighted by Crippen LogP contribution is -2.12. The minimum Gasteiger partial charge on any atom is -0.409 e. The van der Waals surface area contributed by atoms with E-state index in [1.807, 2.05) is 0 Å². The van der Waals surface area contributed by atoms with Crippen LogP contribution in [-0.2, 0) is 0 Å². The maximum Gasteiger partial charge on any atom is 0.170 e. The van der Waals surface area contributed by atoms with E-state index in [9.17, 15) is 0 Å². The standard InChI is InChI=1S/C6H7N3OS/c7-6(9-10)4-1-2-8-5(11)3-4/h1-3,10H,(H2,7,9)(H,8,11). The summed E-state index contributed by atoms with van der Waals surface area (Å²) in [4.78, 5) is 2.77. The van der Waals surface area contributed by atoms with Gasteiger partial charge < -0.3 is 15.9 Å². The third-order valence-electron chi connectivity index (χ3n) is 1.18. The van der Waals surface area contributed by atoms with Crippen LogP contribution in [0.15, 0.2) is 23.5 Å². The molecule has 1 rings (SSSR count). The van der Waals surface area contributed by atoms with Gasteiger partial charge in [0.2, 0.25) is 0 Å². The van der Waals surface area contributed by atoms with Crippen LogP contribution in [0.2, 0.25) is 0 Å². The van der Waals surface area contributed by atoms with Crippen LogP contribution in [0.1, 0.15) is 5.56 Å². The Hall–Kier alpha value is -1.36. The molecule has 0 radical (unpaired) electrons. The molecule has 0 saturated carbocycles. The van der Waals surface area contributed by atoms with Gasteiger partial charge in [-0.25, -0.2) is 0 Å². The molecule has 1 aromatic heterocycles. The number of oxime groups is 1. The summed E-state index contributed by atoms with van der Waals surface area (Å²) in [6.07, 6.45) is 1.63. The summed E-state index contributed by atoms with van der Waals surface area (Å²) in [6.45, 7) is 0. The number of aromatic nitrogens is 1. The first-order valence-corrected chi connectivity index (χ1v) is 3.31. The summed E-state index contributed by atoms with van der Waals surface area (Å²) in [5.74, 6) is 0.0603. The summed E-state index contributed by atoms with van der Waals surface area (Å²) >= 11 is 4.82. The van der Waals surface area contributed by atoms with E-state index in [2.05, 4.69) is 10.1 Å². The molecule has 1 heterocycles. The van der Waals surface area contributed by atoms with E-state index in [-0.39, 0.29) is 5.84 Å². The highest BCUT2D eigenvalue weighted by molar-refractivity contribution is 7.71. The number of pyridine rings is 1.